The average Bonchev–Trinajstić information content (AvgIpc) is 2.82. The van der Waals surface area contributed by atoms with E-state index in [1.165, 1.54) is 29.6 Å². The number of allylic oxidation sites excluding steroid dienone is 4. The predicted molar refractivity (Wildman–Crippen MR) is 152 cm³/mol. The highest BCUT2D eigenvalue weighted by Gasteiger charge is 2.34. The molecule has 4 nitrogen and oxygen atoms in total. The first kappa shape index (κ1) is 32.6. The van der Waals surface area contributed by atoms with Crippen molar-refractivity contribution >= 4 is 5.97 Å². The first-order valence-electron chi connectivity index (χ1n) is 14.6. The molecule has 0 amide bonds. The molecule has 0 saturated carbocycles. The maximum absolute atomic E-state index is 10.9. The molecule has 0 aliphatic heterocycles. The first-order chi connectivity index (χ1) is 17.1. The quantitative estimate of drug-likeness (QED) is 0.145. The van der Waals surface area contributed by atoms with Crippen LogP contribution in [0.15, 0.2) is 34.9 Å². The lowest BCUT2D eigenvalue weighted by Crippen LogP contribution is -2.39. The number of unbranched alkanes of at least 4 members (excludes halogenated alkanes) is 1. The van der Waals surface area contributed by atoms with Gasteiger partial charge in [-0.1, -0.05) is 76.8 Å². The average molecular weight is 505 g/mol. The number of carbonyl (C=O) groups is 1. The lowest BCUT2D eigenvalue weighted by molar-refractivity contribution is -0.141. The van der Waals surface area contributed by atoms with E-state index >= 15 is 0 Å². The summed E-state index contributed by atoms with van der Waals surface area (Å²) in [7, 11) is 0. The Morgan fingerprint density at radius 1 is 1.00 bits per heavy atom. The highest BCUT2D eigenvalue weighted by atomic mass is 16.5. The number of carboxylic acid groups (broad SMARTS) is 1. The molecule has 4 heteroatoms. The summed E-state index contributed by atoms with van der Waals surface area (Å²) in [5, 5.41) is 19.5. The molecule has 6 atom stereocenters. The number of aliphatic hydroxyl groups is 1. The van der Waals surface area contributed by atoms with Crippen LogP contribution in [0, 0.1) is 23.7 Å². The van der Waals surface area contributed by atoms with Gasteiger partial charge in [0.15, 0.2) is 0 Å². The minimum Gasteiger partial charge on any atom is -0.481 e. The van der Waals surface area contributed by atoms with Crippen LogP contribution in [-0.2, 0) is 9.53 Å². The van der Waals surface area contributed by atoms with Crippen LogP contribution < -0.4 is 0 Å². The van der Waals surface area contributed by atoms with Crippen LogP contribution in [0.2, 0.25) is 0 Å². The Bertz CT molecular complexity index is 720. The SMILES string of the molecule is CCCCOC1C(CCC(C)CCC/C(C)=C/CC/C(C)=C/CCC(C)C(=O)O)=CC(O)C(C)C1C. The van der Waals surface area contributed by atoms with Crippen molar-refractivity contribution in [2.24, 2.45) is 23.7 Å². The number of ether oxygens (including phenoxy) is 1. The molecule has 6 unspecified atom stereocenters. The van der Waals surface area contributed by atoms with Gasteiger partial charge < -0.3 is 14.9 Å². The summed E-state index contributed by atoms with van der Waals surface area (Å²) >= 11 is 0. The Morgan fingerprint density at radius 2 is 1.67 bits per heavy atom. The smallest absolute Gasteiger partial charge is 0.306 e. The molecule has 36 heavy (non-hydrogen) atoms. The van der Waals surface area contributed by atoms with E-state index in [0.717, 1.165) is 58.0 Å². The number of rotatable bonds is 18. The first-order valence-corrected chi connectivity index (χ1v) is 14.6. The maximum atomic E-state index is 10.9. The number of aliphatic carboxylic acids is 1. The molecular weight excluding hydrogens is 448 g/mol. The molecule has 0 radical (unpaired) electrons. The van der Waals surface area contributed by atoms with Crippen molar-refractivity contribution in [3.05, 3.63) is 34.9 Å². The monoisotopic (exact) mass is 504 g/mol. The van der Waals surface area contributed by atoms with Gasteiger partial charge in [0.25, 0.3) is 0 Å². The van der Waals surface area contributed by atoms with E-state index in [0.29, 0.717) is 18.3 Å². The van der Waals surface area contributed by atoms with Crippen LogP contribution in [0.1, 0.15) is 119 Å². The lowest BCUT2D eigenvalue weighted by Gasteiger charge is -2.37. The van der Waals surface area contributed by atoms with Crippen molar-refractivity contribution in [1.29, 1.82) is 0 Å². The van der Waals surface area contributed by atoms with E-state index in [2.05, 4.69) is 59.8 Å². The zero-order valence-corrected chi connectivity index (χ0v) is 24.4. The van der Waals surface area contributed by atoms with Crippen LogP contribution in [0.25, 0.3) is 0 Å². The van der Waals surface area contributed by atoms with Gasteiger partial charge in [-0.2, -0.15) is 0 Å². The second-order valence-electron chi connectivity index (χ2n) is 11.6. The Labute approximate surface area is 222 Å². The third-order valence-electron chi connectivity index (χ3n) is 8.13. The molecule has 1 aliphatic carbocycles. The Hall–Kier alpha value is -1.39. The molecule has 0 saturated heterocycles. The summed E-state index contributed by atoms with van der Waals surface area (Å²) in [6, 6.07) is 0. The zero-order valence-electron chi connectivity index (χ0n) is 24.4. The van der Waals surface area contributed by atoms with Crippen molar-refractivity contribution in [3.63, 3.8) is 0 Å². The third kappa shape index (κ3) is 12.7. The van der Waals surface area contributed by atoms with Crippen molar-refractivity contribution in [2.75, 3.05) is 6.61 Å². The summed E-state index contributed by atoms with van der Waals surface area (Å²) in [4.78, 5) is 10.9. The summed E-state index contributed by atoms with van der Waals surface area (Å²) in [6.07, 6.45) is 18.2. The van der Waals surface area contributed by atoms with Gasteiger partial charge in [-0.15, -0.1) is 0 Å². The second kappa shape index (κ2) is 18.0. The van der Waals surface area contributed by atoms with E-state index < -0.39 is 5.97 Å². The van der Waals surface area contributed by atoms with Crippen LogP contribution in [0.3, 0.4) is 0 Å². The van der Waals surface area contributed by atoms with Crippen LogP contribution in [-0.4, -0.2) is 35.0 Å². The van der Waals surface area contributed by atoms with E-state index in [1.807, 2.05) is 0 Å². The fourth-order valence-electron chi connectivity index (χ4n) is 4.97. The van der Waals surface area contributed by atoms with Crippen LogP contribution in [0.4, 0.5) is 0 Å². The Morgan fingerprint density at radius 3 is 2.33 bits per heavy atom. The normalized spacial score (nSPS) is 24.9. The van der Waals surface area contributed by atoms with E-state index in [9.17, 15) is 9.90 Å². The molecule has 0 aromatic carbocycles. The second-order valence-corrected chi connectivity index (χ2v) is 11.6. The Kier molecular flexibility index (Phi) is 16.3. The summed E-state index contributed by atoms with van der Waals surface area (Å²) in [5.74, 6) is 0.292. The largest absolute Gasteiger partial charge is 0.481 e. The molecule has 1 aliphatic rings. The molecule has 208 valence electrons. The Balaban J connectivity index is 2.36. The van der Waals surface area contributed by atoms with Gasteiger partial charge in [0, 0.05) is 6.61 Å². The van der Waals surface area contributed by atoms with E-state index in [-0.39, 0.29) is 24.0 Å². The highest BCUT2D eigenvalue weighted by molar-refractivity contribution is 5.69. The van der Waals surface area contributed by atoms with E-state index in [4.69, 9.17) is 9.84 Å². The fourth-order valence-corrected chi connectivity index (χ4v) is 4.97. The van der Waals surface area contributed by atoms with Gasteiger partial charge in [-0.3, -0.25) is 4.79 Å². The van der Waals surface area contributed by atoms with Crippen molar-refractivity contribution in [3.8, 4) is 0 Å². The molecule has 0 aromatic rings. The molecule has 0 spiro atoms. The third-order valence-corrected chi connectivity index (χ3v) is 8.13. The minimum atomic E-state index is -0.705. The maximum Gasteiger partial charge on any atom is 0.306 e. The van der Waals surface area contributed by atoms with Gasteiger partial charge in [-0.05, 0) is 95.0 Å². The lowest BCUT2D eigenvalue weighted by atomic mass is 9.76. The minimum absolute atomic E-state index is 0.158. The number of hydrogen-bond donors (Lipinski definition) is 2. The van der Waals surface area contributed by atoms with Crippen molar-refractivity contribution in [2.45, 2.75) is 131 Å². The molecule has 0 bridgehead atoms. The van der Waals surface area contributed by atoms with Crippen LogP contribution >= 0.6 is 0 Å². The highest BCUT2D eigenvalue weighted by Crippen LogP contribution is 2.35. The number of hydrogen-bond acceptors (Lipinski definition) is 3. The molecule has 0 fully saturated rings. The molecular formula is C32H56O4. The van der Waals surface area contributed by atoms with Gasteiger partial charge in [0.1, 0.15) is 0 Å². The summed E-state index contributed by atoms with van der Waals surface area (Å²) in [5.41, 5.74) is 4.14. The molecule has 2 N–H and O–H groups in total. The predicted octanol–water partition coefficient (Wildman–Crippen LogP) is 8.51. The van der Waals surface area contributed by atoms with Gasteiger partial charge in [0.05, 0.1) is 18.1 Å². The molecule has 1 rings (SSSR count). The van der Waals surface area contributed by atoms with Crippen molar-refractivity contribution in [1.82, 2.24) is 0 Å². The standard InChI is InChI=1S/C32H56O4/c1-8-9-21-36-31-28(7)27(6)30(33)22-29(31)20-19-25(4)16-11-15-23(2)13-10-14-24(3)17-12-18-26(5)32(34)35/h13,17,22,25-28,30-31,33H,8-12,14-16,18-21H2,1-7H3,(H,34,35)/b23-13+,24-17+. The van der Waals surface area contributed by atoms with Gasteiger partial charge >= 0.3 is 5.97 Å². The van der Waals surface area contributed by atoms with Gasteiger partial charge in [0.2, 0.25) is 0 Å². The molecule has 0 heterocycles. The fraction of sp³-hybridized carbons (Fsp3) is 0.781. The summed E-state index contributed by atoms with van der Waals surface area (Å²) < 4.78 is 6.29. The number of aliphatic hydroxyl groups excluding tert-OH is 1. The molecule has 0 aromatic heterocycles. The van der Waals surface area contributed by atoms with Crippen LogP contribution in [0.5, 0.6) is 0 Å². The van der Waals surface area contributed by atoms with Crippen molar-refractivity contribution < 1.29 is 19.7 Å². The van der Waals surface area contributed by atoms with Gasteiger partial charge in [-0.25, -0.2) is 0 Å². The topological polar surface area (TPSA) is 66.8 Å². The number of carboxylic acids is 1. The zero-order chi connectivity index (χ0) is 27.1. The summed E-state index contributed by atoms with van der Waals surface area (Å²) in [6.45, 7) is 15.9. The van der Waals surface area contributed by atoms with E-state index in [1.54, 1.807) is 6.92 Å².